The van der Waals surface area contributed by atoms with Crippen molar-refractivity contribution >= 4 is 17.6 Å². The summed E-state index contributed by atoms with van der Waals surface area (Å²) in [5, 5.41) is 7.57. The van der Waals surface area contributed by atoms with E-state index in [0.717, 1.165) is 12.1 Å². The van der Waals surface area contributed by atoms with Crippen LogP contribution in [0, 0.1) is 17.5 Å². The molecule has 0 saturated heterocycles. The molecule has 0 aliphatic rings. The molecule has 0 aliphatic heterocycles. The van der Waals surface area contributed by atoms with Crippen molar-refractivity contribution < 1.29 is 22.8 Å². The highest BCUT2D eigenvalue weighted by Gasteiger charge is 2.20. The largest absolute Gasteiger partial charge is 0.334 e. The van der Waals surface area contributed by atoms with Gasteiger partial charge in [-0.1, -0.05) is 25.5 Å². The molecule has 0 aliphatic carbocycles. The molecule has 1 atom stereocenters. The molecule has 8 heteroatoms. The van der Waals surface area contributed by atoms with Crippen LogP contribution < -0.4 is 16.0 Å². The molecule has 2 rings (SSSR count). The first kappa shape index (κ1) is 20.3. The standard InChI is InChI=1S/C19H20F3N3O2/c1-2-3-17(18(26)24-14-8-9-15(21)16(22)10-14)25-19(27)23-11-12-4-6-13(20)7-5-12/h4-10,17H,2-3,11H2,1H3,(H,24,26)(H2,23,25,27). The quantitative estimate of drug-likeness (QED) is 0.686. The summed E-state index contributed by atoms with van der Waals surface area (Å²) < 4.78 is 39.1. The van der Waals surface area contributed by atoms with E-state index in [1.807, 2.05) is 6.92 Å². The highest BCUT2D eigenvalue weighted by molar-refractivity contribution is 5.96. The minimum atomic E-state index is -1.08. The molecule has 1 unspecified atom stereocenters. The van der Waals surface area contributed by atoms with E-state index in [2.05, 4.69) is 16.0 Å². The van der Waals surface area contributed by atoms with Crippen LogP contribution in [-0.4, -0.2) is 18.0 Å². The second-order valence-corrected chi connectivity index (χ2v) is 5.91. The fourth-order valence-electron chi connectivity index (χ4n) is 2.35. The number of carbonyl (C=O) groups excluding carboxylic acids is 2. The van der Waals surface area contributed by atoms with Gasteiger partial charge in [0.05, 0.1) is 0 Å². The van der Waals surface area contributed by atoms with Crippen LogP contribution >= 0.6 is 0 Å². The smallest absolute Gasteiger partial charge is 0.315 e. The number of hydrogen-bond donors (Lipinski definition) is 3. The van der Waals surface area contributed by atoms with Crippen LogP contribution in [0.2, 0.25) is 0 Å². The first-order valence-corrected chi connectivity index (χ1v) is 8.43. The van der Waals surface area contributed by atoms with Gasteiger partial charge in [0.1, 0.15) is 11.9 Å². The molecule has 3 N–H and O–H groups in total. The molecule has 27 heavy (non-hydrogen) atoms. The van der Waals surface area contributed by atoms with Crippen LogP contribution in [0.5, 0.6) is 0 Å². The monoisotopic (exact) mass is 379 g/mol. The Bertz CT molecular complexity index is 797. The van der Waals surface area contributed by atoms with Gasteiger partial charge >= 0.3 is 6.03 Å². The van der Waals surface area contributed by atoms with Gasteiger partial charge in [-0.15, -0.1) is 0 Å². The lowest BCUT2D eigenvalue weighted by Gasteiger charge is -2.18. The van der Waals surface area contributed by atoms with Crippen LogP contribution in [0.3, 0.4) is 0 Å². The highest BCUT2D eigenvalue weighted by atomic mass is 19.2. The molecule has 144 valence electrons. The van der Waals surface area contributed by atoms with Crippen LogP contribution in [0.1, 0.15) is 25.3 Å². The summed E-state index contributed by atoms with van der Waals surface area (Å²) in [6.07, 6.45) is 0.980. The molecule has 0 fully saturated rings. The second kappa shape index (κ2) is 9.61. The Morgan fingerprint density at radius 1 is 1.00 bits per heavy atom. The zero-order valence-electron chi connectivity index (χ0n) is 14.7. The van der Waals surface area contributed by atoms with E-state index >= 15 is 0 Å². The van der Waals surface area contributed by atoms with Gasteiger partial charge < -0.3 is 16.0 Å². The zero-order chi connectivity index (χ0) is 19.8. The Morgan fingerprint density at radius 2 is 1.70 bits per heavy atom. The summed E-state index contributed by atoms with van der Waals surface area (Å²) in [4.78, 5) is 24.4. The number of anilines is 1. The van der Waals surface area contributed by atoms with Crippen molar-refractivity contribution in [3.8, 4) is 0 Å². The molecule has 3 amide bonds. The van der Waals surface area contributed by atoms with Gasteiger partial charge in [-0.05, 0) is 36.2 Å². The third-order valence-corrected chi connectivity index (χ3v) is 3.75. The first-order valence-electron chi connectivity index (χ1n) is 8.43. The van der Waals surface area contributed by atoms with Crippen molar-refractivity contribution in [1.82, 2.24) is 10.6 Å². The number of nitrogens with one attached hydrogen (secondary N) is 3. The lowest BCUT2D eigenvalue weighted by atomic mass is 10.1. The van der Waals surface area contributed by atoms with Crippen LogP contribution in [0.25, 0.3) is 0 Å². The van der Waals surface area contributed by atoms with Crippen molar-refractivity contribution in [2.75, 3.05) is 5.32 Å². The Hall–Kier alpha value is -3.03. The van der Waals surface area contributed by atoms with Crippen molar-refractivity contribution in [2.24, 2.45) is 0 Å². The number of amides is 3. The normalized spacial score (nSPS) is 11.6. The molecule has 2 aromatic carbocycles. The third kappa shape index (κ3) is 6.32. The maximum Gasteiger partial charge on any atom is 0.315 e. The molecule has 5 nitrogen and oxygen atoms in total. The molecule has 0 aromatic heterocycles. The fourth-order valence-corrected chi connectivity index (χ4v) is 2.35. The second-order valence-electron chi connectivity index (χ2n) is 5.91. The van der Waals surface area contributed by atoms with Crippen LogP contribution in [-0.2, 0) is 11.3 Å². The van der Waals surface area contributed by atoms with Crippen LogP contribution in [0.15, 0.2) is 42.5 Å². The zero-order valence-corrected chi connectivity index (χ0v) is 14.7. The number of benzene rings is 2. The maximum atomic E-state index is 13.2. The Labute approximate surface area is 155 Å². The summed E-state index contributed by atoms with van der Waals surface area (Å²) >= 11 is 0. The molecular weight excluding hydrogens is 359 g/mol. The molecule has 0 bridgehead atoms. The number of hydrogen-bond acceptors (Lipinski definition) is 2. The summed E-state index contributed by atoms with van der Waals surface area (Å²) in [5.74, 6) is -3.01. The van der Waals surface area contributed by atoms with E-state index in [1.165, 1.54) is 30.3 Å². The molecule has 0 heterocycles. The summed E-state index contributed by atoms with van der Waals surface area (Å²) in [6, 6.07) is 7.22. The Balaban J connectivity index is 1.92. The number of urea groups is 1. The number of carbonyl (C=O) groups is 2. The summed E-state index contributed by atoms with van der Waals surface area (Å²) in [7, 11) is 0. The molecule has 0 spiro atoms. The summed E-state index contributed by atoms with van der Waals surface area (Å²) in [5.41, 5.74) is 0.790. The average Bonchev–Trinajstić information content (AvgIpc) is 2.64. The first-order chi connectivity index (χ1) is 12.9. The van der Waals surface area contributed by atoms with Gasteiger partial charge in [-0.2, -0.15) is 0 Å². The third-order valence-electron chi connectivity index (χ3n) is 3.75. The van der Waals surface area contributed by atoms with E-state index < -0.39 is 29.6 Å². The molecular formula is C19H20F3N3O2. The molecule has 0 saturated carbocycles. The van der Waals surface area contributed by atoms with Gasteiger partial charge in [0.2, 0.25) is 5.91 Å². The van der Waals surface area contributed by atoms with Gasteiger partial charge in [0.15, 0.2) is 11.6 Å². The van der Waals surface area contributed by atoms with Crippen molar-refractivity contribution in [3.63, 3.8) is 0 Å². The van der Waals surface area contributed by atoms with Crippen molar-refractivity contribution in [3.05, 3.63) is 65.5 Å². The van der Waals surface area contributed by atoms with E-state index in [-0.39, 0.29) is 18.0 Å². The predicted molar refractivity (Wildman–Crippen MR) is 95.5 cm³/mol. The van der Waals surface area contributed by atoms with E-state index in [4.69, 9.17) is 0 Å². The van der Waals surface area contributed by atoms with E-state index in [9.17, 15) is 22.8 Å². The van der Waals surface area contributed by atoms with Gasteiger partial charge in [-0.25, -0.2) is 18.0 Å². The van der Waals surface area contributed by atoms with E-state index in [0.29, 0.717) is 18.4 Å². The minimum absolute atomic E-state index is 0.0912. The molecule has 0 radical (unpaired) electrons. The van der Waals surface area contributed by atoms with Gasteiger partial charge in [0, 0.05) is 18.3 Å². The molecule has 2 aromatic rings. The van der Waals surface area contributed by atoms with Crippen molar-refractivity contribution in [2.45, 2.75) is 32.4 Å². The highest BCUT2D eigenvalue weighted by Crippen LogP contribution is 2.14. The average molecular weight is 379 g/mol. The number of rotatable bonds is 7. The van der Waals surface area contributed by atoms with Crippen LogP contribution in [0.4, 0.5) is 23.7 Å². The predicted octanol–water partition coefficient (Wildman–Crippen LogP) is 3.71. The number of halogens is 3. The van der Waals surface area contributed by atoms with Gasteiger partial charge in [-0.3, -0.25) is 4.79 Å². The fraction of sp³-hybridized carbons (Fsp3) is 0.263. The summed E-state index contributed by atoms with van der Waals surface area (Å²) in [6.45, 7) is 2.01. The SMILES string of the molecule is CCCC(NC(=O)NCc1ccc(F)cc1)C(=O)Nc1ccc(F)c(F)c1. The Morgan fingerprint density at radius 3 is 2.33 bits per heavy atom. The maximum absolute atomic E-state index is 13.2. The lowest BCUT2D eigenvalue weighted by Crippen LogP contribution is -2.47. The van der Waals surface area contributed by atoms with Crippen molar-refractivity contribution in [1.29, 1.82) is 0 Å². The van der Waals surface area contributed by atoms with Gasteiger partial charge in [0.25, 0.3) is 0 Å². The lowest BCUT2D eigenvalue weighted by molar-refractivity contribution is -0.118. The minimum Gasteiger partial charge on any atom is -0.334 e. The van der Waals surface area contributed by atoms with E-state index in [1.54, 1.807) is 0 Å². The topological polar surface area (TPSA) is 70.2 Å². The Kier molecular flexibility index (Phi) is 7.22.